The van der Waals surface area contributed by atoms with Crippen molar-refractivity contribution in [2.45, 2.75) is 46.1 Å². The maximum absolute atomic E-state index is 12.2. The van der Waals surface area contributed by atoms with Gasteiger partial charge < -0.3 is 10.1 Å². The van der Waals surface area contributed by atoms with Gasteiger partial charge in [-0.3, -0.25) is 4.79 Å². The fourth-order valence-electron chi connectivity index (χ4n) is 2.20. The number of nitrogens with zero attached hydrogens (tertiary/aromatic N) is 2. The minimum Gasteiger partial charge on any atom is -0.494 e. The lowest BCUT2D eigenvalue weighted by Crippen LogP contribution is -2.42. The second-order valence-corrected chi connectivity index (χ2v) is 6.58. The Hall–Kier alpha value is -2.37. The van der Waals surface area contributed by atoms with E-state index in [2.05, 4.69) is 24.3 Å². The molecule has 1 fully saturated rings. The topological polar surface area (TPSA) is 71.0 Å². The van der Waals surface area contributed by atoms with Crippen LogP contribution in [0.3, 0.4) is 0 Å². The van der Waals surface area contributed by atoms with Crippen LogP contribution in [-0.2, 0) is 4.79 Å². The zero-order chi connectivity index (χ0) is 17.7. The molecule has 0 unspecified atom stereocenters. The molecule has 130 valence electrons. The summed E-state index contributed by atoms with van der Waals surface area (Å²) >= 11 is 0. The van der Waals surface area contributed by atoms with Gasteiger partial charge in [0.15, 0.2) is 0 Å². The summed E-state index contributed by atoms with van der Waals surface area (Å²) in [7, 11) is 0. The average molecular weight is 331 g/mol. The van der Waals surface area contributed by atoms with E-state index >= 15 is 0 Å². The summed E-state index contributed by atoms with van der Waals surface area (Å²) in [6, 6.07) is 6.89. The van der Waals surface area contributed by atoms with Crippen molar-refractivity contribution in [1.29, 1.82) is 0 Å². The third-order valence-corrected chi connectivity index (χ3v) is 4.11. The first-order chi connectivity index (χ1) is 11.4. The molecule has 1 aliphatic rings. The van der Waals surface area contributed by atoms with Crippen molar-refractivity contribution < 1.29 is 14.3 Å². The lowest BCUT2D eigenvalue weighted by Gasteiger charge is -2.17. The number of hydrazone groups is 1. The summed E-state index contributed by atoms with van der Waals surface area (Å²) in [6.07, 6.45) is 3.02. The lowest BCUT2D eigenvalue weighted by molar-refractivity contribution is -0.130. The van der Waals surface area contributed by atoms with Gasteiger partial charge in [-0.15, -0.1) is 5.01 Å². The van der Waals surface area contributed by atoms with Crippen molar-refractivity contribution in [1.82, 2.24) is 10.3 Å². The number of amides is 3. The van der Waals surface area contributed by atoms with E-state index in [1.807, 2.05) is 31.2 Å². The summed E-state index contributed by atoms with van der Waals surface area (Å²) in [5, 5.41) is 7.57. The van der Waals surface area contributed by atoms with Crippen LogP contribution in [0.15, 0.2) is 29.4 Å². The third kappa shape index (κ3) is 4.13. The van der Waals surface area contributed by atoms with Crippen LogP contribution >= 0.6 is 0 Å². The standard InChI is InChI=1S/C18H25N3O3/c1-5-18(4)16(22)21(17(23)20-18)19-12-14-6-8-15(9-7-14)24-11-10-13(2)3/h6-9,12-13H,5,10-11H2,1-4H3,(H,20,23)/b19-12-/t18-/m0/s1. The molecule has 0 bridgehead atoms. The highest BCUT2D eigenvalue weighted by Crippen LogP contribution is 2.21. The number of rotatable bonds is 7. The van der Waals surface area contributed by atoms with Gasteiger partial charge in [-0.05, 0) is 55.5 Å². The zero-order valence-electron chi connectivity index (χ0n) is 14.7. The Balaban J connectivity index is 1.97. The normalized spacial score (nSPS) is 21.0. The van der Waals surface area contributed by atoms with Crippen molar-refractivity contribution in [3.05, 3.63) is 29.8 Å². The molecule has 1 atom stereocenters. The molecule has 1 aromatic carbocycles. The predicted molar refractivity (Wildman–Crippen MR) is 93.1 cm³/mol. The maximum Gasteiger partial charge on any atom is 0.346 e. The summed E-state index contributed by atoms with van der Waals surface area (Å²) in [6.45, 7) is 8.54. The largest absolute Gasteiger partial charge is 0.494 e. The molecule has 0 aromatic heterocycles. The highest BCUT2D eigenvalue weighted by molar-refractivity contribution is 6.07. The van der Waals surface area contributed by atoms with E-state index in [1.54, 1.807) is 6.92 Å². The Morgan fingerprint density at radius 1 is 1.29 bits per heavy atom. The van der Waals surface area contributed by atoms with Crippen LogP contribution in [0.25, 0.3) is 0 Å². The SMILES string of the molecule is CC[C@]1(C)NC(=O)N(/N=C\c2ccc(OCCC(C)C)cc2)C1=O. The zero-order valence-corrected chi connectivity index (χ0v) is 14.7. The molecule has 2 rings (SSSR count). The van der Waals surface area contributed by atoms with E-state index in [-0.39, 0.29) is 5.91 Å². The Morgan fingerprint density at radius 2 is 1.96 bits per heavy atom. The number of carbonyl (C=O) groups is 2. The Labute approximate surface area is 142 Å². The van der Waals surface area contributed by atoms with Gasteiger partial charge in [-0.2, -0.15) is 5.10 Å². The molecule has 0 spiro atoms. The van der Waals surface area contributed by atoms with Gasteiger partial charge >= 0.3 is 6.03 Å². The Morgan fingerprint density at radius 3 is 2.50 bits per heavy atom. The van der Waals surface area contributed by atoms with Crippen molar-refractivity contribution in [3.8, 4) is 5.75 Å². The summed E-state index contributed by atoms with van der Waals surface area (Å²) in [5.41, 5.74) is -0.0837. The third-order valence-electron chi connectivity index (χ3n) is 4.11. The molecular formula is C18H25N3O3. The van der Waals surface area contributed by atoms with E-state index in [1.165, 1.54) is 6.21 Å². The van der Waals surface area contributed by atoms with Crippen LogP contribution < -0.4 is 10.1 Å². The highest BCUT2D eigenvalue weighted by atomic mass is 16.5. The van der Waals surface area contributed by atoms with Crippen molar-refractivity contribution >= 4 is 18.2 Å². The monoisotopic (exact) mass is 331 g/mol. The Kier molecular flexibility index (Phi) is 5.59. The van der Waals surface area contributed by atoms with E-state index in [0.717, 1.165) is 22.7 Å². The molecule has 24 heavy (non-hydrogen) atoms. The molecule has 6 heteroatoms. The molecule has 1 N–H and O–H groups in total. The van der Waals surface area contributed by atoms with Crippen LogP contribution in [0.4, 0.5) is 4.79 Å². The van der Waals surface area contributed by atoms with E-state index in [4.69, 9.17) is 4.74 Å². The minimum atomic E-state index is -0.872. The Bertz CT molecular complexity index is 625. The molecule has 0 saturated carbocycles. The van der Waals surface area contributed by atoms with E-state index in [0.29, 0.717) is 18.9 Å². The van der Waals surface area contributed by atoms with E-state index in [9.17, 15) is 9.59 Å². The number of hydrogen-bond donors (Lipinski definition) is 1. The fraction of sp³-hybridized carbons (Fsp3) is 0.500. The van der Waals surface area contributed by atoms with Crippen LogP contribution in [0.2, 0.25) is 0 Å². The lowest BCUT2D eigenvalue weighted by atomic mass is 10.00. The van der Waals surface area contributed by atoms with Crippen LogP contribution in [-0.4, -0.2) is 35.3 Å². The van der Waals surface area contributed by atoms with Crippen molar-refractivity contribution in [3.63, 3.8) is 0 Å². The van der Waals surface area contributed by atoms with Crippen LogP contribution in [0.5, 0.6) is 5.75 Å². The molecule has 0 aliphatic carbocycles. The van der Waals surface area contributed by atoms with Gasteiger partial charge in [0.05, 0.1) is 12.8 Å². The molecule has 1 saturated heterocycles. The number of ether oxygens (including phenoxy) is 1. The van der Waals surface area contributed by atoms with Crippen LogP contribution in [0.1, 0.15) is 46.1 Å². The molecule has 0 radical (unpaired) electrons. The first-order valence-electron chi connectivity index (χ1n) is 8.29. The number of urea groups is 1. The predicted octanol–water partition coefficient (Wildman–Crippen LogP) is 3.17. The molecule has 1 heterocycles. The quantitative estimate of drug-likeness (QED) is 0.616. The number of imide groups is 1. The molecule has 6 nitrogen and oxygen atoms in total. The molecule has 1 aliphatic heterocycles. The van der Waals surface area contributed by atoms with Gasteiger partial charge in [0.25, 0.3) is 5.91 Å². The van der Waals surface area contributed by atoms with Gasteiger partial charge in [-0.1, -0.05) is 20.8 Å². The van der Waals surface area contributed by atoms with Gasteiger partial charge in [0, 0.05) is 0 Å². The minimum absolute atomic E-state index is 0.333. The second-order valence-electron chi connectivity index (χ2n) is 6.58. The van der Waals surface area contributed by atoms with Gasteiger partial charge in [0.1, 0.15) is 11.3 Å². The number of hydrogen-bond acceptors (Lipinski definition) is 4. The van der Waals surface area contributed by atoms with Crippen molar-refractivity contribution in [2.24, 2.45) is 11.0 Å². The maximum atomic E-state index is 12.2. The number of nitrogens with one attached hydrogen (secondary N) is 1. The highest BCUT2D eigenvalue weighted by Gasteiger charge is 2.46. The number of carbonyl (C=O) groups excluding carboxylic acids is 2. The van der Waals surface area contributed by atoms with Gasteiger partial charge in [0.2, 0.25) is 0 Å². The molecular weight excluding hydrogens is 306 g/mol. The van der Waals surface area contributed by atoms with Gasteiger partial charge in [-0.25, -0.2) is 4.79 Å². The fourth-order valence-corrected chi connectivity index (χ4v) is 2.20. The molecule has 3 amide bonds. The summed E-state index contributed by atoms with van der Waals surface area (Å²) in [5.74, 6) is 1.07. The number of benzene rings is 1. The second kappa shape index (κ2) is 7.47. The smallest absolute Gasteiger partial charge is 0.346 e. The molecule has 1 aromatic rings. The average Bonchev–Trinajstić information content (AvgIpc) is 2.76. The van der Waals surface area contributed by atoms with E-state index < -0.39 is 11.6 Å². The van der Waals surface area contributed by atoms with Crippen molar-refractivity contribution in [2.75, 3.05) is 6.61 Å². The first kappa shape index (κ1) is 18.0. The summed E-state index contributed by atoms with van der Waals surface area (Å²) < 4.78 is 5.65. The summed E-state index contributed by atoms with van der Waals surface area (Å²) in [4.78, 5) is 24.1. The first-order valence-corrected chi connectivity index (χ1v) is 8.29. The van der Waals surface area contributed by atoms with Crippen LogP contribution in [0, 0.1) is 5.92 Å².